The normalized spacial score (nSPS) is 14.6. The van der Waals surface area contributed by atoms with Crippen LogP contribution < -0.4 is 5.32 Å². The summed E-state index contributed by atoms with van der Waals surface area (Å²) in [6.07, 6.45) is 2.55. The highest BCUT2D eigenvalue weighted by atomic mass is 32.1. The lowest BCUT2D eigenvalue weighted by Gasteiger charge is -2.15. The van der Waals surface area contributed by atoms with E-state index in [1.165, 1.54) is 7.11 Å². The molecule has 0 unspecified atom stereocenters. The van der Waals surface area contributed by atoms with E-state index < -0.39 is 0 Å². The molecule has 110 valence electrons. The zero-order valence-electron chi connectivity index (χ0n) is 11.7. The number of carbonyl (C=O) groups excluding carboxylic acids is 2. The van der Waals surface area contributed by atoms with E-state index in [1.807, 2.05) is 17.0 Å². The number of esters is 1. The fourth-order valence-electron chi connectivity index (χ4n) is 2.20. The molecular weight excluding hydrogens is 276 g/mol. The van der Waals surface area contributed by atoms with Crippen molar-refractivity contribution in [1.82, 2.24) is 10.2 Å². The van der Waals surface area contributed by atoms with Gasteiger partial charge in [0.25, 0.3) is 0 Å². The Hall–Kier alpha value is -1.40. The van der Waals surface area contributed by atoms with Crippen molar-refractivity contribution in [2.24, 2.45) is 0 Å². The third-order valence-corrected chi connectivity index (χ3v) is 4.38. The van der Waals surface area contributed by atoms with Crippen LogP contribution in [0.3, 0.4) is 0 Å². The van der Waals surface area contributed by atoms with Gasteiger partial charge in [0.1, 0.15) is 0 Å². The van der Waals surface area contributed by atoms with Crippen molar-refractivity contribution in [3.05, 3.63) is 21.9 Å². The molecule has 6 heteroatoms. The number of amides is 1. The molecular formula is C14H20N2O3S. The van der Waals surface area contributed by atoms with Crippen LogP contribution >= 0.6 is 11.3 Å². The summed E-state index contributed by atoms with van der Waals surface area (Å²) in [5.41, 5.74) is 0. The molecule has 0 atom stereocenters. The summed E-state index contributed by atoms with van der Waals surface area (Å²) < 4.78 is 4.63. The molecule has 0 radical (unpaired) electrons. The highest BCUT2D eigenvalue weighted by Crippen LogP contribution is 2.17. The summed E-state index contributed by atoms with van der Waals surface area (Å²) in [5.74, 6) is -0.0515. The van der Waals surface area contributed by atoms with Crippen LogP contribution in [0, 0.1) is 0 Å². The van der Waals surface area contributed by atoms with Gasteiger partial charge in [-0.25, -0.2) is 0 Å². The first-order valence-electron chi connectivity index (χ1n) is 6.82. The van der Waals surface area contributed by atoms with E-state index in [0.29, 0.717) is 19.5 Å². The van der Waals surface area contributed by atoms with Crippen LogP contribution in [-0.2, 0) is 27.3 Å². The Morgan fingerprint density at radius 2 is 2.00 bits per heavy atom. The lowest BCUT2D eigenvalue weighted by molar-refractivity contribution is -0.139. The van der Waals surface area contributed by atoms with Gasteiger partial charge >= 0.3 is 5.97 Å². The minimum atomic E-state index is -0.226. The Morgan fingerprint density at radius 1 is 1.30 bits per heavy atom. The van der Waals surface area contributed by atoms with Gasteiger partial charge in [-0.3, -0.25) is 9.59 Å². The molecule has 1 aromatic rings. The maximum absolute atomic E-state index is 11.8. The Kier molecular flexibility index (Phi) is 5.55. The van der Waals surface area contributed by atoms with E-state index >= 15 is 0 Å². The van der Waals surface area contributed by atoms with E-state index in [2.05, 4.69) is 10.1 Å². The van der Waals surface area contributed by atoms with Crippen LogP contribution in [-0.4, -0.2) is 43.5 Å². The van der Waals surface area contributed by atoms with Crippen LogP contribution in [0.2, 0.25) is 0 Å². The lowest BCUT2D eigenvalue weighted by Crippen LogP contribution is -2.35. The van der Waals surface area contributed by atoms with Gasteiger partial charge in [-0.05, 0) is 25.0 Å². The van der Waals surface area contributed by atoms with Crippen molar-refractivity contribution in [1.29, 1.82) is 0 Å². The standard InChI is InChI=1S/C14H20N2O3S/c1-19-14(18)8-11-4-5-12(20-11)9-15-10-13(17)16-6-2-3-7-16/h4-5,15H,2-3,6-10H2,1H3. The van der Waals surface area contributed by atoms with Crippen LogP contribution in [0.25, 0.3) is 0 Å². The van der Waals surface area contributed by atoms with Crippen LogP contribution in [0.15, 0.2) is 12.1 Å². The first-order chi connectivity index (χ1) is 9.69. The maximum Gasteiger partial charge on any atom is 0.310 e. The smallest absolute Gasteiger partial charge is 0.310 e. The molecule has 0 spiro atoms. The number of methoxy groups -OCH3 is 1. The van der Waals surface area contributed by atoms with Crippen LogP contribution in [0.4, 0.5) is 0 Å². The summed E-state index contributed by atoms with van der Waals surface area (Å²) >= 11 is 1.57. The van der Waals surface area contributed by atoms with Gasteiger partial charge in [-0.1, -0.05) is 0 Å². The van der Waals surface area contributed by atoms with Gasteiger partial charge in [0.15, 0.2) is 0 Å². The largest absolute Gasteiger partial charge is 0.469 e. The second-order valence-corrected chi connectivity index (χ2v) is 6.07. The Bertz CT molecular complexity index is 467. The quantitative estimate of drug-likeness (QED) is 0.801. The van der Waals surface area contributed by atoms with Gasteiger partial charge in [-0.15, -0.1) is 11.3 Å². The van der Waals surface area contributed by atoms with Crippen LogP contribution in [0.1, 0.15) is 22.6 Å². The third-order valence-electron chi connectivity index (χ3n) is 3.30. The Balaban J connectivity index is 1.71. The fraction of sp³-hybridized carbons (Fsp3) is 0.571. The van der Waals surface area contributed by atoms with Crippen molar-refractivity contribution >= 4 is 23.2 Å². The first-order valence-corrected chi connectivity index (χ1v) is 7.63. The number of hydrogen-bond acceptors (Lipinski definition) is 5. The Labute approximate surface area is 122 Å². The monoisotopic (exact) mass is 296 g/mol. The lowest BCUT2D eigenvalue weighted by atomic mass is 10.3. The average Bonchev–Trinajstić information content (AvgIpc) is 3.10. The van der Waals surface area contributed by atoms with E-state index in [9.17, 15) is 9.59 Å². The van der Waals surface area contributed by atoms with Gasteiger partial charge in [0.2, 0.25) is 5.91 Å². The molecule has 0 bridgehead atoms. The minimum Gasteiger partial charge on any atom is -0.469 e. The van der Waals surface area contributed by atoms with Crippen LogP contribution in [0.5, 0.6) is 0 Å². The molecule has 2 rings (SSSR count). The van der Waals surface area contributed by atoms with E-state index in [0.717, 1.165) is 35.7 Å². The molecule has 1 N–H and O–H groups in total. The zero-order valence-corrected chi connectivity index (χ0v) is 12.5. The average molecular weight is 296 g/mol. The summed E-state index contributed by atoms with van der Waals surface area (Å²) in [7, 11) is 1.39. The third kappa shape index (κ3) is 4.31. The molecule has 5 nitrogen and oxygen atoms in total. The van der Waals surface area contributed by atoms with Crippen molar-refractivity contribution in [2.45, 2.75) is 25.8 Å². The number of nitrogens with zero attached hydrogens (tertiary/aromatic N) is 1. The number of likely N-dealkylation sites (tertiary alicyclic amines) is 1. The molecule has 1 aliphatic rings. The molecule has 1 fully saturated rings. The number of carbonyl (C=O) groups is 2. The predicted molar refractivity (Wildman–Crippen MR) is 77.6 cm³/mol. The fourth-order valence-corrected chi connectivity index (χ4v) is 3.17. The molecule has 2 heterocycles. The van der Waals surface area contributed by atoms with Crippen molar-refractivity contribution in [2.75, 3.05) is 26.7 Å². The molecule has 0 aliphatic carbocycles. The molecule has 1 amide bonds. The SMILES string of the molecule is COC(=O)Cc1ccc(CNCC(=O)N2CCCC2)s1. The zero-order chi connectivity index (χ0) is 14.4. The van der Waals surface area contributed by atoms with Gasteiger partial charge in [0.05, 0.1) is 20.1 Å². The van der Waals surface area contributed by atoms with E-state index in [-0.39, 0.29) is 11.9 Å². The highest BCUT2D eigenvalue weighted by Gasteiger charge is 2.17. The maximum atomic E-state index is 11.8. The second-order valence-electron chi connectivity index (χ2n) is 4.81. The van der Waals surface area contributed by atoms with Gasteiger partial charge in [-0.2, -0.15) is 0 Å². The van der Waals surface area contributed by atoms with Gasteiger partial charge < -0.3 is 15.0 Å². The topological polar surface area (TPSA) is 58.6 Å². The predicted octanol–water partition coefficient (Wildman–Crippen LogP) is 1.18. The molecule has 1 aliphatic heterocycles. The molecule has 20 heavy (non-hydrogen) atoms. The minimum absolute atomic E-state index is 0.175. The molecule has 0 aromatic carbocycles. The summed E-state index contributed by atoms with van der Waals surface area (Å²) in [6, 6.07) is 3.91. The van der Waals surface area contributed by atoms with Crippen molar-refractivity contribution in [3.63, 3.8) is 0 Å². The van der Waals surface area contributed by atoms with Crippen molar-refractivity contribution in [3.8, 4) is 0 Å². The van der Waals surface area contributed by atoms with E-state index in [1.54, 1.807) is 11.3 Å². The molecule has 1 aromatic heterocycles. The van der Waals surface area contributed by atoms with Gasteiger partial charge in [0, 0.05) is 29.4 Å². The summed E-state index contributed by atoms with van der Waals surface area (Å²) in [6.45, 7) is 2.82. The molecule has 1 saturated heterocycles. The highest BCUT2D eigenvalue weighted by molar-refractivity contribution is 7.12. The number of ether oxygens (including phenoxy) is 1. The summed E-state index contributed by atoms with van der Waals surface area (Å²) in [4.78, 5) is 27.0. The second kappa shape index (κ2) is 7.40. The first kappa shape index (κ1) is 15.0. The van der Waals surface area contributed by atoms with E-state index in [4.69, 9.17) is 0 Å². The number of hydrogen-bond donors (Lipinski definition) is 1. The summed E-state index contributed by atoms with van der Waals surface area (Å²) in [5, 5.41) is 3.16. The Morgan fingerprint density at radius 3 is 2.70 bits per heavy atom. The van der Waals surface area contributed by atoms with Crippen molar-refractivity contribution < 1.29 is 14.3 Å². The number of nitrogens with one attached hydrogen (secondary N) is 1. The molecule has 0 saturated carbocycles. The number of thiophene rings is 1. The number of rotatable bonds is 6.